The predicted molar refractivity (Wildman–Crippen MR) is 72.7 cm³/mol. The summed E-state index contributed by atoms with van der Waals surface area (Å²) in [5.41, 5.74) is -0.543. The molecule has 0 spiro atoms. The summed E-state index contributed by atoms with van der Waals surface area (Å²) >= 11 is 0. The van der Waals surface area contributed by atoms with Crippen molar-refractivity contribution in [3.63, 3.8) is 0 Å². The van der Waals surface area contributed by atoms with Gasteiger partial charge < -0.3 is 30.3 Å². The van der Waals surface area contributed by atoms with E-state index in [0.29, 0.717) is 0 Å². The Bertz CT molecular complexity index is 770. The molecule has 0 amide bonds. The van der Waals surface area contributed by atoms with Crippen LogP contribution < -0.4 is 4.74 Å². The quantitative estimate of drug-likeness (QED) is 0.521. The third-order valence-electron chi connectivity index (χ3n) is 3.50. The number of ether oxygens (including phenoxy) is 1. The van der Waals surface area contributed by atoms with Crippen LogP contribution in [0.2, 0.25) is 0 Å². The highest BCUT2D eigenvalue weighted by atomic mass is 16.6. The number of aliphatic hydroxyl groups is 2. The molecule has 0 saturated heterocycles. The molecule has 1 heterocycles. The van der Waals surface area contributed by atoms with E-state index in [1.807, 2.05) is 0 Å². The highest BCUT2D eigenvalue weighted by Crippen LogP contribution is 2.44. The molecule has 0 aromatic heterocycles. The lowest BCUT2D eigenvalue weighted by Gasteiger charge is -2.37. The van der Waals surface area contributed by atoms with E-state index < -0.39 is 29.2 Å². The molecule has 0 radical (unpaired) electrons. The molecule has 2 atom stereocenters. The normalized spacial score (nSPS) is 23.7. The number of aromatic hydroxyl groups is 3. The maximum absolute atomic E-state index is 12.2. The zero-order chi connectivity index (χ0) is 16.1. The molecule has 1 aliphatic rings. The maximum atomic E-state index is 12.2. The van der Waals surface area contributed by atoms with Gasteiger partial charge >= 0.3 is 0 Å². The third kappa shape index (κ3) is 1.87. The zero-order valence-electron chi connectivity index (χ0n) is 11.1. The Morgan fingerprint density at radius 3 is 2.45 bits per heavy atom. The molecule has 2 aromatic rings. The van der Waals surface area contributed by atoms with Crippen molar-refractivity contribution in [3.8, 4) is 23.0 Å². The van der Waals surface area contributed by atoms with Crippen LogP contribution in [0, 0.1) is 0 Å². The van der Waals surface area contributed by atoms with Gasteiger partial charge in [0.1, 0.15) is 28.6 Å². The lowest BCUT2D eigenvalue weighted by Crippen LogP contribution is -2.52. The summed E-state index contributed by atoms with van der Waals surface area (Å²) in [6.45, 7) is 0. The molecule has 7 nitrogen and oxygen atoms in total. The van der Waals surface area contributed by atoms with Crippen LogP contribution in [-0.4, -0.2) is 37.4 Å². The van der Waals surface area contributed by atoms with Gasteiger partial charge in [-0.2, -0.15) is 0 Å². The van der Waals surface area contributed by atoms with E-state index in [1.54, 1.807) is 0 Å². The van der Waals surface area contributed by atoms with Gasteiger partial charge in [0.15, 0.2) is 6.10 Å². The third-order valence-corrected chi connectivity index (χ3v) is 3.50. The first-order valence-electron chi connectivity index (χ1n) is 6.32. The Kier molecular flexibility index (Phi) is 2.98. The molecule has 0 bridgehead atoms. The van der Waals surface area contributed by atoms with Crippen LogP contribution in [0.3, 0.4) is 0 Å². The second kappa shape index (κ2) is 4.62. The fourth-order valence-corrected chi connectivity index (χ4v) is 2.42. The van der Waals surface area contributed by atoms with Crippen molar-refractivity contribution < 1.29 is 35.1 Å². The lowest BCUT2D eigenvalue weighted by atomic mass is 9.89. The van der Waals surface area contributed by atoms with Crippen molar-refractivity contribution in [2.45, 2.75) is 11.9 Å². The highest BCUT2D eigenvalue weighted by molar-refractivity contribution is 6.05. The Hall–Kier alpha value is -2.77. The molecule has 114 valence electrons. The van der Waals surface area contributed by atoms with Crippen LogP contribution in [0.5, 0.6) is 23.0 Å². The number of benzene rings is 2. The van der Waals surface area contributed by atoms with Crippen molar-refractivity contribution in [3.05, 3.63) is 47.5 Å². The Morgan fingerprint density at radius 2 is 1.77 bits per heavy atom. The summed E-state index contributed by atoms with van der Waals surface area (Å²) in [6.07, 6.45) is -2.07. The van der Waals surface area contributed by atoms with Gasteiger partial charge in [0, 0.05) is 6.07 Å². The van der Waals surface area contributed by atoms with Gasteiger partial charge in [0.25, 0.3) is 5.79 Å². The minimum Gasteiger partial charge on any atom is -0.508 e. The van der Waals surface area contributed by atoms with Crippen LogP contribution in [0.25, 0.3) is 0 Å². The number of hydrogen-bond donors (Lipinski definition) is 5. The average Bonchev–Trinajstić information content (AvgIpc) is 2.44. The summed E-state index contributed by atoms with van der Waals surface area (Å²) in [7, 11) is 0. The standard InChI is InChI=1S/C15H12O7/c16-7-4-5-8(10(18)6-7)15(21)14(20)13(19)12-9(17)2-1-3-11(12)22-15/h1-6,14,16-18,20-21H. The van der Waals surface area contributed by atoms with E-state index in [4.69, 9.17) is 4.74 Å². The molecule has 0 fully saturated rings. The Labute approximate surface area is 124 Å². The van der Waals surface area contributed by atoms with Crippen molar-refractivity contribution in [2.75, 3.05) is 0 Å². The summed E-state index contributed by atoms with van der Waals surface area (Å²) in [6, 6.07) is 7.19. The molecule has 5 N–H and O–H groups in total. The van der Waals surface area contributed by atoms with Gasteiger partial charge in [-0.15, -0.1) is 0 Å². The van der Waals surface area contributed by atoms with Gasteiger partial charge in [-0.25, -0.2) is 0 Å². The number of Topliss-reactive ketones (excluding diaryl/α,β-unsaturated/α-hetero) is 1. The molecule has 3 rings (SSSR count). The van der Waals surface area contributed by atoms with Crippen LogP contribution >= 0.6 is 0 Å². The SMILES string of the molecule is O=C1c2c(O)cccc2OC(O)(c2ccc(O)cc2O)C1O. The molecule has 22 heavy (non-hydrogen) atoms. The molecular weight excluding hydrogens is 292 g/mol. The van der Waals surface area contributed by atoms with Gasteiger partial charge in [-0.05, 0) is 24.3 Å². The molecule has 0 saturated carbocycles. The summed E-state index contributed by atoms with van der Waals surface area (Å²) in [5, 5.41) is 49.5. The summed E-state index contributed by atoms with van der Waals surface area (Å²) in [4.78, 5) is 12.2. The maximum Gasteiger partial charge on any atom is 0.272 e. The van der Waals surface area contributed by atoms with Crippen LogP contribution in [0.1, 0.15) is 15.9 Å². The number of phenols is 3. The fourth-order valence-electron chi connectivity index (χ4n) is 2.42. The van der Waals surface area contributed by atoms with Crippen molar-refractivity contribution in [1.29, 1.82) is 0 Å². The Balaban J connectivity index is 2.18. The second-order valence-corrected chi connectivity index (χ2v) is 4.92. The van der Waals surface area contributed by atoms with Crippen molar-refractivity contribution in [2.24, 2.45) is 0 Å². The number of fused-ring (bicyclic) bond motifs is 1. The van der Waals surface area contributed by atoms with E-state index in [1.165, 1.54) is 18.2 Å². The van der Waals surface area contributed by atoms with Gasteiger partial charge in [0.2, 0.25) is 5.78 Å². The van der Waals surface area contributed by atoms with Crippen LogP contribution in [0.15, 0.2) is 36.4 Å². The highest BCUT2D eigenvalue weighted by Gasteiger charge is 2.51. The van der Waals surface area contributed by atoms with E-state index in [2.05, 4.69) is 0 Å². The Morgan fingerprint density at radius 1 is 1.05 bits per heavy atom. The smallest absolute Gasteiger partial charge is 0.272 e. The topological polar surface area (TPSA) is 127 Å². The zero-order valence-corrected chi connectivity index (χ0v) is 11.1. The first-order valence-corrected chi connectivity index (χ1v) is 6.32. The number of hydrogen-bond acceptors (Lipinski definition) is 7. The van der Waals surface area contributed by atoms with Gasteiger partial charge in [-0.1, -0.05) is 6.07 Å². The van der Waals surface area contributed by atoms with Crippen molar-refractivity contribution >= 4 is 5.78 Å². The van der Waals surface area contributed by atoms with Gasteiger partial charge in [-0.3, -0.25) is 4.79 Å². The second-order valence-electron chi connectivity index (χ2n) is 4.92. The molecular formula is C15H12O7. The van der Waals surface area contributed by atoms with Crippen LogP contribution in [0.4, 0.5) is 0 Å². The molecule has 0 aliphatic carbocycles. The van der Waals surface area contributed by atoms with Crippen LogP contribution in [-0.2, 0) is 5.79 Å². The minimum atomic E-state index is -2.55. The minimum absolute atomic E-state index is 0.134. The van der Waals surface area contributed by atoms with E-state index in [-0.39, 0.29) is 22.6 Å². The van der Waals surface area contributed by atoms with Gasteiger partial charge in [0.05, 0.1) is 5.56 Å². The largest absolute Gasteiger partial charge is 0.508 e. The van der Waals surface area contributed by atoms with E-state index in [0.717, 1.165) is 18.2 Å². The van der Waals surface area contributed by atoms with E-state index >= 15 is 0 Å². The lowest BCUT2D eigenvalue weighted by molar-refractivity contribution is -0.204. The monoisotopic (exact) mass is 304 g/mol. The number of ketones is 1. The fraction of sp³-hybridized carbons (Fsp3) is 0.133. The predicted octanol–water partition coefficient (Wildman–Crippen LogP) is 0.585. The number of carbonyl (C=O) groups is 1. The first kappa shape index (κ1) is 14.2. The van der Waals surface area contributed by atoms with Crippen molar-refractivity contribution in [1.82, 2.24) is 0 Å². The molecule has 2 aromatic carbocycles. The average molecular weight is 304 g/mol. The first-order chi connectivity index (χ1) is 10.3. The number of aliphatic hydroxyl groups excluding tert-OH is 1. The summed E-state index contributed by atoms with van der Waals surface area (Å²) < 4.78 is 5.27. The number of rotatable bonds is 1. The number of carbonyl (C=O) groups excluding carboxylic acids is 1. The molecule has 7 heteroatoms. The molecule has 2 unspecified atom stereocenters. The molecule has 1 aliphatic heterocycles. The van der Waals surface area contributed by atoms with E-state index in [9.17, 15) is 30.3 Å². The number of phenolic OH excluding ortho intramolecular Hbond substituents is 3. The summed E-state index contributed by atoms with van der Waals surface area (Å²) in [5.74, 6) is -4.84.